The number of methoxy groups -OCH3 is 1. The lowest BCUT2D eigenvalue weighted by Gasteiger charge is -1.98. The molecule has 2 aromatic heterocycles. The molecule has 0 atom stereocenters. The second kappa shape index (κ2) is 4.94. The molecule has 0 bridgehead atoms. The Bertz CT molecular complexity index is 688. The van der Waals surface area contributed by atoms with E-state index in [1.54, 1.807) is 11.6 Å². The summed E-state index contributed by atoms with van der Waals surface area (Å²) in [6, 6.07) is 7.81. The first-order chi connectivity index (χ1) is 9.26. The van der Waals surface area contributed by atoms with Gasteiger partial charge in [0.05, 0.1) is 0 Å². The predicted octanol–water partition coefficient (Wildman–Crippen LogP) is 1.51. The van der Waals surface area contributed by atoms with Gasteiger partial charge in [-0.3, -0.25) is 0 Å². The Morgan fingerprint density at radius 2 is 2.05 bits per heavy atom. The zero-order valence-corrected chi connectivity index (χ0v) is 11.2. The van der Waals surface area contributed by atoms with Gasteiger partial charge in [0.2, 0.25) is 4.96 Å². The first-order valence-electron chi connectivity index (χ1n) is 5.79. The molecule has 7 heteroatoms. The van der Waals surface area contributed by atoms with Crippen LogP contribution in [0.25, 0.3) is 4.96 Å². The van der Waals surface area contributed by atoms with E-state index in [9.17, 15) is 0 Å². The van der Waals surface area contributed by atoms with Crippen molar-refractivity contribution in [3.8, 4) is 0 Å². The van der Waals surface area contributed by atoms with Crippen molar-refractivity contribution in [3.63, 3.8) is 0 Å². The maximum Gasteiger partial charge on any atom is 0.234 e. The van der Waals surface area contributed by atoms with E-state index in [1.807, 2.05) is 24.3 Å². The summed E-state index contributed by atoms with van der Waals surface area (Å²) in [5, 5.41) is 13.6. The van der Waals surface area contributed by atoms with Crippen molar-refractivity contribution in [2.45, 2.75) is 13.0 Å². The van der Waals surface area contributed by atoms with Crippen molar-refractivity contribution >= 4 is 22.0 Å². The largest absolute Gasteiger partial charge is 0.399 e. The number of nitrogens with two attached hydrogens (primary N) is 1. The van der Waals surface area contributed by atoms with E-state index in [0.29, 0.717) is 6.61 Å². The fraction of sp³-hybridized carbons (Fsp3) is 0.250. The van der Waals surface area contributed by atoms with Crippen LogP contribution in [0.3, 0.4) is 0 Å². The zero-order valence-electron chi connectivity index (χ0n) is 10.4. The van der Waals surface area contributed by atoms with Crippen LogP contribution in [0.5, 0.6) is 0 Å². The molecule has 3 aromatic rings. The van der Waals surface area contributed by atoms with Gasteiger partial charge in [0.15, 0.2) is 5.82 Å². The highest BCUT2D eigenvalue weighted by Gasteiger charge is 2.11. The van der Waals surface area contributed by atoms with Crippen LogP contribution < -0.4 is 5.73 Å². The summed E-state index contributed by atoms with van der Waals surface area (Å²) in [6.45, 7) is 0.409. The number of ether oxygens (including phenoxy) is 1. The van der Waals surface area contributed by atoms with Crippen LogP contribution >= 0.6 is 11.3 Å². The summed E-state index contributed by atoms with van der Waals surface area (Å²) >= 11 is 1.53. The summed E-state index contributed by atoms with van der Waals surface area (Å²) < 4.78 is 6.80. The van der Waals surface area contributed by atoms with E-state index in [1.165, 1.54) is 16.9 Å². The molecule has 0 saturated carbocycles. The Labute approximate surface area is 113 Å². The van der Waals surface area contributed by atoms with Gasteiger partial charge < -0.3 is 10.5 Å². The van der Waals surface area contributed by atoms with Crippen LogP contribution in [0.4, 0.5) is 5.69 Å². The zero-order chi connectivity index (χ0) is 13.2. The van der Waals surface area contributed by atoms with Crippen molar-refractivity contribution in [1.82, 2.24) is 19.8 Å². The average Bonchev–Trinajstić information content (AvgIpc) is 2.94. The van der Waals surface area contributed by atoms with Gasteiger partial charge in [-0.2, -0.15) is 9.61 Å². The fourth-order valence-corrected chi connectivity index (χ4v) is 2.68. The number of rotatable bonds is 4. The third kappa shape index (κ3) is 2.42. The van der Waals surface area contributed by atoms with Crippen LogP contribution in [-0.4, -0.2) is 26.9 Å². The molecule has 0 unspecified atom stereocenters. The van der Waals surface area contributed by atoms with Gasteiger partial charge in [0.1, 0.15) is 11.6 Å². The molecular formula is C12H13N5OS. The Balaban J connectivity index is 1.87. The highest BCUT2D eigenvalue weighted by Crippen LogP contribution is 2.18. The molecule has 1 aromatic carbocycles. The number of hydrogen-bond acceptors (Lipinski definition) is 6. The van der Waals surface area contributed by atoms with Gasteiger partial charge >= 0.3 is 0 Å². The molecule has 0 spiro atoms. The maximum absolute atomic E-state index is 5.67. The molecule has 6 nitrogen and oxygen atoms in total. The van der Waals surface area contributed by atoms with E-state index in [-0.39, 0.29) is 0 Å². The van der Waals surface area contributed by atoms with Crippen LogP contribution in [0.2, 0.25) is 0 Å². The maximum atomic E-state index is 5.67. The monoisotopic (exact) mass is 275 g/mol. The Morgan fingerprint density at radius 1 is 1.26 bits per heavy atom. The number of hydrogen-bond donors (Lipinski definition) is 1. The molecule has 2 heterocycles. The number of nitrogen functional groups attached to an aromatic ring is 1. The summed E-state index contributed by atoms with van der Waals surface area (Å²) in [7, 11) is 1.63. The van der Waals surface area contributed by atoms with Crippen LogP contribution in [-0.2, 0) is 17.8 Å². The molecule has 0 saturated heterocycles. The second-order valence-electron chi connectivity index (χ2n) is 4.16. The third-order valence-corrected chi connectivity index (χ3v) is 3.60. The Hall–Kier alpha value is -1.99. The summed E-state index contributed by atoms with van der Waals surface area (Å²) in [5.74, 6) is 0.720. The molecule has 0 fully saturated rings. The predicted molar refractivity (Wildman–Crippen MR) is 73.0 cm³/mol. The van der Waals surface area contributed by atoms with Crippen molar-refractivity contribution in [1.29, 1.82) is 0 Å². The second-order valence-corrected chi connectivity index (χ2v) is 5.20. The van der Waals surface area contributed by atoms with Gasteiger partial charge in [0, 0.05) is 19.2 Å². The van der Waals surface area contributed by atoms with Crippen LogP contribution in [0.1, 0.15) is 16.4 Å². The number of fused-ring (bicyclic) bond motifs is 1. The quantitative estimate of drug-likeness (QED) is 0.730. The van der Waals surface area contributed by atoms with E-state index in [2.05, 4.69) is 15.3 Å². The van der Waals surface area contributed by atoms with Gasteiger partial charge in [-0.15, -0.1) is 10.2 Å². The van der Waals surface area contributed by atoms with Crippen molar-refractivity contribution in [3.05, 3.63) is 40.7 Å². The number of nitrogens with zero attached hydrogens (tertiary/aromatic N) is 4. The minimum Gasteiger partial charge on any atom is -0.399 e. The van der Waals surface area contributed by atoms with Crippen LogP contribution in [0.15, 0.2) is 24.3 Å². The normalized spacial score (nSPS) is 11.2. The molecule has 19 heavy (non-hydrogen) atoms. The minimum atomic E-state index is 0.409. The lowest BCUT2D eigenvalue weighted by molar-refractivity contribution is 0.176. The highest BCUT2D eigenvalue weighted by molar-refractivity contribution is 7.16. The third-order valence-electron chi connectivity index (χ3n) is 2.71. The van der Waals surface area contributed by atoms with E-state index in [4.69, 9.17) is 10.5 Å². The SMILES string of the molecule is COCc1nnc2sc(Cc3ccc(N)cc3)nn12. The Kier molecular flexibility index (Phi) is 3.14. The summed E-state index contributed by atoms with van der Waals surface area (Å²) in [6.07, 6.45) is 0.765. The van der Waals surface area contributed by atoms with E-state index >= 15 is 0 Å². The topological polar surface area (TPSA) is 78.3 Å². The van der Waals surface area contributed by atoms with Gasteiger partial charge in [-0.05, 0) is 17.7 Å². The van der Waals surface area contributed by atoms with Crippen molar-refractivity contribution in [2.24, 2.45) is 0 Å². The first-order valence-corrected chi connectivity index (χ1v) is 6.61. The lowest BCUT2D eigenvalue weighted by Crippen LogP contribution is -1.98. The van der Waals surface area contributed by atoms with Gasteiger partial charge in [-0.25, -0.2) is 0 Å². The molecular weight excluding hydrogens is 262 g/mol. The molecule has 0 aliphatic heterocycles. The molecule has 0 aliphatic carbocycles. The van der Waals surface area contributed by atoms with Gasteiger partial charge in [0.25, 0.3) is 0 Å². The molecule has 0 amide bonds. The summed E-state index contributed by atoms with van der Waals surface area (Å²) in [4.78, 5) is 0.789. The molecule has 0 aliphatic rings. The first kappa shape index (κ1) is 12.1. The lowest BCUT2D eigenvalue weighted by atomic mass is 10.1. The standard InChI is InChI=1S/C12H13N5OS/c1-18-7-10-14-15-12-17(10)16-11(19-12)6-8-2-4-9(13)5-3-8/h2-5H,6-7,13H2,1H3. The molecule has 3 rings (SSSR count). The molecule has 98 valence electrons. The Morgan fingerprint density at radius 3 is 2.79 bits per heavy atom. The number of anilines is 1. The fourth-order valence-electron chi connectivity index (χ4n) is 1.80. The molecule has 0 radical (unpaired) electrons. The number of benzene rings is 1. The smallest absolute Gasteiger partial charge is 0.234 e. The minimum absolute atomic E-state index is 0.409. The average molecular weight is 275 g/mol. The van der Waals surface area contributed by atoms with Crippen molar-refractivity contribution in [2.75, 3.05) is 12.8 Å². The van der Waals surface area contributed by atoms with Gasteiger partial charge in [-0.1, -0.05) is 23.5 Å². The van der Waals surface area contributed by atoms with Crippen LogP contribution in [0, 0.1) is 0 Å². The van der Waals surface area contributed by atoms with E-state index < -0.39 is 0 Å². The summed E-state index contributed by atoms with van der Waals surface area (Å²) in [5.41, 5.74) is 7.61. The number of aromatic nitrogens is 4. The van der Waals surface area contributed by atoms with E-state index in [0.717, 1.165) is 27.9 Å². The molecule has 2 N–H and O–H groups in total. The van der Waals surface area contributed by atoms with Crippen molar-refractivity contribution < 1.29 is 4.74 Å². The highest BCUT2D eigenvalue weighted by atomic mass is 32.1.